The van der Waals surface area contributed by atoms with E-state index in [9.17, 15) is 9.59 Å². The molecule has 0 radical (unpaired) electrons. The predicted molar refractivity (Wildman–Crippen MR) is 131 cm³/mol. The van der Waals surface area contributed by atoms with E-state index < -0.39 is 11.8 Å². The standard InChI is InChI=1S/C24H18Cl2N2O4S/c1-31-14-11-12-17(19(13-14)32-2)27-21-22(33-15-7-4-3-5-8-15)24(30)28(23(21)29)18-10-6-9-16(25)20(18)26/h3-13,27H,1-2H3. The smallest absolute Gasteiger partial charge is 0.283 e. The second-order valence-corrected chi connectivity index (χ2v) is 8.70. The first-order valence-electron chi connectivity index (χ1n) is 9.73. The first-order valence-corrected chi connectivity index (χ1v) is 11.3. The summed E-state index contributed by atoms with van der Waals surface area (Å²) in [5.41, 5.74) is 0.817. The Morgan fingerprint density at radius 1 is 0.879 bits per heavy atom. The fourth-order valence-electron chi connectivity index (χ4n) is 3.24. The fourth-order valence-corrected chi connectivity index (χ4v) is 4.57. The van der Waals surface area contributed by atoms with E-state index in [1.54, 1.807) is 43.5 Å². The summed E-state index contributed by atoms with van der Waals surface area (Å²) in [5, 5.41) is 3.45. The number of benzene rings is 3. The van der Waals surface area contributed by atoms with Crippen molar-refractivity contribution in [2.75, 3.05) is 24.4 Å². The van der Waals surface area contributed by atoms with Gasteiger partial charge in [-0.05, 0) is 36.4 Å². The quantitative estimate of drug-likeness (QED) is 0.401. The number of rotatable bonds is 7. The molecule has 0 aliphatic carbocycles. The topological polar surface area (TPSA) is 67.9 Å². The van der Waals surface area contributed by atoms with Crippen LogP contribution in [0.4, 0.5) is 11.4 Å². The van der Waals surface area contributed by atoms with Crippen LogP contribution in [0, 0.1) is 0 Å². The van der Waals surface area contributed by atoms with Crippen LogP contribution in [0.25, 0.3) is 0 Å². The van der Waals surface area contributed by atoms with E-state index in [1.807, 2.05) is 30.3 Å². The Morgan fingerprint density at radius 3 is 2.33 bits per heavy atom. The number of halogens is 2. The lowest BCUT2D eigenvalue weighted by Gasteiger charge is -2.17. The Labute approximate surface area is 205 Å². The molecule has 0 unspecified atom stereocenters. The minimum Gasteiger partial charge on any atom is -0.497 e. The molecule has 0 saturated carbocycles. The molecular weight excluding hydrogens is 483 g/mol. The predicted octanol–water partition coefficient (Wildman–Crippen LogP) is 6.00. The number of hydrogen-bond donors (Lipinski definition) is 1. The van der Waals surface area contributed by atoms with Crippen molar-refractivity contribution >= 4 is 58.2 Å². The average Bonchev–Trinajstić information content (AvgIpc) is 3.05. The summed E-state index contributed by atoms with van der Waals surface area (Å²) < 4.78 is 10.7. The summed E-state index contributed by atoms with van der Waals surface area (Å²) in [5.74, 6) is -0.0229. The number of carbonyl (C=O) groups excluding carboxylic acids is 2. The molecule has 3 aromatic carbocycles. The van der Waals surface area contributed by atoms with E-state index in [4.69, 9.17) is 32.7 Å². The van der Waals surface area contributed by atoms with Crippen molar-refractivity contribution in [2.24, 2.45) is 0 Å². The number of anilines is 2. The van der Waals surface area contributed by atoms with Gasteiger partial charge >= 0.3 is 0 Å². The summed E-state index contributed by atoms with van der Waals surface area (Å²) >= 11 is 13.7. The summed E-state index contributed by atoms with van der Waals surface area (Å²) in [6.07, 6.45) is 0. The van der Waals surface area contributed by atoms with E-state index >= 15 is 0 Å². The van der Waals surface area contributed by atoms with Gasteiger partial charge in [-0.15, -0.1) is 0 Å². The molecule has 0 bridgehead atoms. The number of nitrogens with one attached hydrogen (secondary N) is 1. The Bertz CT molecular complexity index is 1260. The second-order valence-electron chi connectivity index (χ2n) is 6.83. The SMILES string of the molecule is COc1ccc(NC2=C(Sc3ccccc3)C(=O)N(c3cccc(Cl)c3Cl)C2=O)c(OC)c1. The lowest BCUT2D eigenvalue weighted by atomic mass is 10.2. The van der Waals surface area contributed by atoms with Crippen LogP contribution in [0.15, 0.2) is 82.2 Å². The third-order valence-electron chi connectivity index (χ3n) is 4.84. The van der Waals surface area contributed by atoms with Crippen LogP contribution in [0.5, 0.6) is 11.5 Å². The molecule has 1 aliphatic heterocycles. The number of thioether (sulfide) groups is 1. The number of imide groups is 1. The van der Waals surface area contributed by atoms with Crippen LogP contribution < -0.4 is 19.7 Å². The molecular formula is C24H18Cl2N2O4S. The van der Waals surface area contributed by atoms with Crippen LogP contribution in [0.3, 0.4) is 0 Å². The van der Waals surface area contributed by atoms with Gasteiger partial charge in [-0.1, -0.05) is 59.2 Å². The molecule has 9 heteroatoms. The Morgan fingerprint density at radius 2 is 1.64 bits per heavy atom. The van der Waals surface area contributed by atoms with Gasteiger partial charge in [-0.25, -0.2) is 4.90 Å². The van der Waals surface area contributed by atoms with Crippen molar-refractivity contribution in [3.8, 4) is 11.5 Å². The van der Waals surface area contributed by atoms with Crippen molar-refractivity contribution < 1.29 is 19.1 Å². The molecule has 168 valence electrons. The molecule has 4 rings (SSSR count). The van der Waals surface area contributed by atoms with Crippen LogP contribution in [-0.2, 0) is 9.59 Å². The van der Waals surface area contributed by atoms with Crippen molar-refractivity contribution in [3.05, 3.63) is 87.4 Å². The van der Waals surface area contributed by atoms with E-state index in [0.717, 1.165) is 9.80 Å². The zero-order valence-corrected chi connectivity index (χ0v) is 19.9. The fraction of sp³-hybridized carbons (Fsp3) is 0.0833. The van der Waals surface area contributed by atoms with Crippen molar-refractivity contribution in [3.63, 3.8) is 0 Å². The maximum absolute atomic E-state index is 13.5. The molecule has 0 atom stereocenters. The molecule has 6 nitrogen and oxygen atoms in total. The third kappa shape index (κ3) is 4.53. The maximum Gasteiger partial charge on any atom is 0.283 e. The molecule has 0 fully saturated rings. The van der Waals surface area contributed by atoms with Crippen molar-refractivity contribution in [2.45, 2.75) is 4.90 Å². The highest BCUT2D eigenvalue weighted by Crippen LogP contribution is 2.42. The van der Waals surface area contributed by atoms with E-state index in [-0.39, 0.29) is 26.3 Å². The molecule has 33 heavy (non-hydrogen) atoms. The van der Waals surface area contributed by atoms with E-state index in [1.165, 1.54) is 18.9 Å². The minimum absolute atomic E-state index is 0.105. The highest BCUT2D eigenvalue weighted by molar-refractivity contribution is 8.04. The molecule has 2 amide bonds. The summed E-state index contributed by atoms with van der Waals surface area (Å²) in [6.45, 7) is 0. The van der Waals surface area contributed by atoms with Gasteiger partial charge in [0.25, 0.3) is 11.8 Å². The van der Waals surface area contributed by atoms with Crippen molar-refractivity contribution in [1.29, 1.82) is 0 Å². The number of nitrogens with zero attached hydrogens (tertiary/aromatic N) is 1. The van der Waals surface area contributed by atoms with Gasteiger partial charge in [0.15, 0.2) is 0 Å². The molecule has 1 heterocycles. The van der Waals surface area contributed by atoms with Gasteiger partial charge in [0.2, 0.25) is 0 Å². The number of carbonyl (C=O) groups is 2. The van der Waals surface area contributed by atoms with E-state index in [0.29, 0.717) is 17.2 Å². The monoisotopic (exact) mass is 500 g/mol. The first kappa shape index (κ1) is 23.0. The zero-order chi connectivity index (χ0) is 23.5. The molecule has 1 aliphatic rings. The van der Waals surface area contributed by atoms with Crippen LogP contribution in [0.1, 0.15) is 0 Å². The number of amides is 2. The minimum atomic E-state index is -0.555. The van der Waals surface area contributed by atoms with Crippen LogP contribution >= 0.6 is 35.0 Å². The average molecular weight is 501 g/mol. The summed E-state index contributed by atoms with van der Waals surface area (Å²) in [6, 6.07) is 19.2. The van der Waals surface area contributed by atoms with Crippen molar-refractivity contribution in [1.82, 2.24) is 0 Å². The first-order chi connectivity index (χ1) is 15.9. The van der Waals surface area contributed by atoms with E-state index in [2.05, 4.69) is 5.32 Å². The zero-order valence-electron chi connectivity index (χ0n) is 17.6. The molecule has 1 N–H and O–H groups in total. The summed E-state index contributed by atoms with van der Waals surface area (Å²) in [4.78, 5) is 29.0. The van der Waals surface area contributed by atoms with Gasteiger partial charge in [0, 0.05) is 11.0 Å². The molecule has 0 aromatic heterocycles. The van der Waals surface area contributed by atoms with Gasteiger partial charge < -0.3 is 14.8 Å². The maximum atomic E-state index is 13.5. The highest BCUT2D eigenvalue weighted by atomic mass is 35.5. The molecule has 0 saturated heterocycles. The number of hydrogen-bond acceptors (Lipinski definition) is 6. The molecule has 0 spiro atoms. The molecule has 3 aromatic rings. The highest BCUT2D eigenvalue weighted by Gasteiger charge is 2.41. The number of ether oxygens (including phenoxy) is 2. The Hall–Kier alpha value is -3.13. The Kier molecular flexibility index (Phi) is 6.83. The lowest BCUT2D eigenvalue weighted by molar-refractivity contribution is -0.120. The largest absolute Gasteiger partial charge is 0.497 e. The van der Waals surface area contributed by atoms with Gasteiger partial charge in [-0.2, -0.15) is 0 Å². The normalized spacial score (nSPS) is 13.5. The summed E-state index contributed by atoms with van der Waals surface area (Å²) in [7, 11) is 3.05. The van der Waals surface area contributed by atoms with Gasteiger partial charge in [-0.3, -0.25) is 9.59 Å². The lowest BCUT2D eigenvalue weighted by Crippen LogP contribution is -2.32. The van der Waals surface area contributed by atoms with Gasteiger partial charge in [0.05, 0.1) is 35.6 Å². The van der Waals surface area contributed by atoms with Crippen LogP contribution in [-0.4, -0.2) is 26.0 Å². The van der Waals surface area contributed by atoms with Gasteiger partial charge in [0.1, 0.15) is 22.1 Å². The van der Waals surface area contributed by atoms with Crippen LogP contribution in [0.2, 0.25) is 10.0 Å². The second kappa shape index (κ2) is 9.79. The third-order valence-corrected chi connectivity index (χ3v) is 6.74. The number of methoxy groups -OCH3 is 2. The Balaban J connectivity index is 1.79.